The summed E-state index contributed by atoms with van der Waals surface area (Å²) in [4.78, 5) is 23.5. The largest absolute Gasteiger partial charge is 0.490 e. The molecule has 0 radical (unpaired) electrons. The van der Waals surface area contributed by atoms with Crippen LogP contribution < -0.4 is 4.74 Å². The maximum atomic E-state index is 11.2. The van der Waals surface area contributed by atoms with Crippen molar-refractivity contribution in [2.24, 2.45) is 0 Å². The van der Waals surface area contributed by atoms with Crippen molar-refractivity contribution in [3.05, 3.63) is 58.2 Å². The number of carbonyl (C=O) groups is 1. The molecular formula is C14H17N3O7. The van der Waals surface area contributed by atoms with Gasteiger partial charge >= 0.3 is 5.97 Å². The minimum Gasteiger partial charge on any atom is -0.490 e. The fourth-order valence-corrected chi connectivity index (χ4v) is 2.55. The molecule has 0 saturated heterocycles. The standard InChI is InChI=1S/C14H14N2O3.HNO3.H2O/c1-9-6-11(10-4-2-3-5-13(10)19-9)16-8-15-7-12(16)14(17)18;2-1(3)4;/h2-5,7-9,11H,6H2,1H3,(H,17,18);(H,2,3,4);1H2. The zero-order chi connectivity index (χ0) is 17.0. The Morgan fingerprint density at radius 1 is 1.46 bits per heavy atom. The molecular weight excluding hydrogens is 322 g/mol. The van der Waals surface area contributed by atoms with Gasteiger partial charge in [0.05, 0.1) is 24.7 Å². The maximum absolute atomic E-state index is 11.2. The van der Waals surface area contributed by atoms with Crippen molar-refractivity contribution in [1.82, 2.24) is 9.55 Å². The third-order valence-corrected chi connectivity index (χ3v) is 3.38. The number of benzene rings is 1. The van der Waals surface area contributed by atoms with Gasteiger partial charge in [0, 0.05) is 12.0 Å². The van der Waals surface area contributed by atoms with E-state index in [1.807, 2.05) is 31.2 Å². The number of hydrogen-bond acceptors (Lipinski definition) is 5. The predicted octanol–water partition coefficient (Wildman–Crippen LogP) is 1.17. The summed E-state index contributed by atoms with van der Waals surface area (Å²) < 4.78 is 7.49. The number of rotatable bonds is 2. The average molecular weight is 339 g/mol. The van der Waals surface area contributed by atoms with Crippen LogP contribution in [0, 0.1) is 10.1 Å². The molecule has 1 aliphatic heterocycles. The summed E-state index contributed by atoms with van der Waals surface area (Å²) in [5, 5.41) is 22.8. The minimum absolute atomic E-state index is 0. The first kappa shape index (κ1) is 18.9. The van der Waals surface area contributed by atoms with Crippen molar-refractivity contribution in [3.63, 3.8) is 0 Å². The Morgan fingerprint density at radius 2 is 2.08 bits per heavy atom. The Balaban J connectivity index is 0.000000522. The number of ether oxygens (including phenoxy) is 1. The van der Waals surface area contributed by atoms with Gasteiger partial charge in [-0.1, -0.05) is 18.2 Å². The van der Waals surface area contributed by atoms with E-state index in [1.165, 1.54) is 6.20 Å². The van der Waals surface area contributed by atoms with E-state index in [-0.39, 0.29) is 23.3 Å². The molecule has 2 atom stereocenters. The molecule has 0 bridgehead atoms. The van der Waals surface area contributed by atoms with Crippen LogP contribution in [0.1, 0.15) is 35.4 Å². The summed E-state index contributed by atoms with van der Waals surface area (Å²) in [6.07, 6.45) is 3.73. The first-order chi connectivity index (χ1) is 10.9. The van der Waals surface area contributed by atoms with Gasteiger partial charge in [0.2, 0.25) is 0 Å². The van der Waals surface area contributed by atoms with Crippen molar-refractivity contribution in [1.29, 1.82) is 0 Å². The van der Waals surface area contributed by atoms with E-state index < -0.39 is 11.1 Å². The number of aromatic nitrogens is 2. The Hall–Kier alpha value is -3.14. The lowest BCUT2D eigenvalue weighted by molar-refractivity contribution is -0.742. The minimum atomic E-state index is -1.50. The number of fused-ring (bicyclic) bond motifs is 1. The Labute approximate surface area is 136 Å². The second-order valence-electron chi connectivity index (χ2n) is 4.95. The van der Waals surface area contributed by atoms with Gasteiger partial charge in [0.15, 0.2) is 0 Å². The zero-order valence-corrected chi connectivity index (χ0v) is 12.7. The van der Waals surface area contributed by atoms with E-state index in [1.54, 1.807) is 10.9 Å². The second kappa shape index (κ2) is 7.92. The molecule has 2 unspecified atom stereocenters. The lowest BCUT2D eigenvalue weighted by atomic mass is 9.96. The quantitative estimate of drug-likeness (QED) is 0.613. The molecule has 1 aromatic carbocycles. The summed E-state index contributed by atoms with van der Waals surface area (Å²) in [5.74, 6) is -0.148. The van der Waals surface area contributed by atoms with Crippen LogP contribution in [0.4, 0.5) is 0 Å². The Bertz CT molecular complexity index is 712. The van der Waals surface area contributed by atoms with E-state index in [2.05, 4.69) is 4.98 Å². The molecule has 4 N–H and O–H groups in total. The van der Waals surface area contributed by atoms with Gasteiger partial charge < -0.3 is 25.1 Å². The maximum Gasteiger partial charge on any atom is 0.354 e. The highest BCUT2D eigenvalue weighted by atomic mass is 16.9. The summed E-state index contributed by atoms with van der Waals surface area (Å²) in [7, 11) is 0. The zero-order valence-electron chi connectivity index (χ0n) is 12.7. The number of nitrogens with zero attached hydrogens (tertiary/aromatic N) is 3. The number of aromatic carboxylic acids is 1. The topological polar surface area (TPSA) is 159 Å². The lowest BCUT2D eigenvalue weighted by Crippen LogP contribution is -2.27. The molecule has 10 nitrogen and oxygen atoms in total. The molecule has 24 heavy (non-hydrogen) atoms. The molecule has 0 spiro atoms. The molecule has 3 rings (SSSR count). The second-order valence-corrected chi connectivity index (χ2v) is 4.95. The van der Waals surface area contributed by atoms with Crippen molar-refractivity contribution >= 4 is 5.97 Å². The normalized spacial score (nSPS) is 18.0. The number of imidazole rings is 1. The van der Waals surface area contributed by atoms with E-state index in [4.69, 9.17) is 20.1 Å². The molecule has 130 valence electrons. The predicted molar refractivity (Wildman–Crippen MR) is 80.9 cm³/mol. The first-order valence-electron chi connectivity index (χ1n) is 6.74. The highest BCUT2D eigenvalue weighted by Crippen LogP contribution is 2.37. The van der Waals surface area contributed by atoms with E-state index in [0.29, 0.717) is 0 Å². The van der Waals surface area contributed by atoms with Crippen molar-refractivity contribution in [2.45, 2.75) is 25.5 Å². The van der Waals surface area contributed by atoms with Crippen LogP contribution in [0.2, 0.25) is 0 Å². The van der Waals surface area contributed by atoms with E-state index >= 15 is 0 Å². The van der Waals surface area contributed by atoms with Crippen LogP contribution in [0.5, 0.6) is 5.75 Å². The highest BCUT2D eigenvalue weighted by molar-refractivity contribution is 5.85. The summed E-state index contributed by atoms with van der Waals surface area (Å²) in [6.45, 7) is 1.99. The molecule has 0 aliphatic carbocycles. The average Bonchev–Trinajstić information content (AvgIpc) is 2.95. The van der Waals surface area contributed by atoms with Gasteiger partial charge in [-0.3, -0.25) is 0 Å². The number of para-hydroxylation sites is 1. The number of carboxylic acid groups (broad SMARTS) is 1. The van der Waals surface area contributed by atoms with Crippen LogP contribution in [0.15, 0.2) is 36.8 Å². The first-order valence-corrected chi connectivity index (χ1v) is 6.74. The van der Waals surface area contributed by atoms with Crippen LogP contribution in [0.3, 0.4) is 0 Å². The van der Waals surface area contributed by atoms with E-state index in [9.17, 15) is 9.90 Å². The Morgan fingerprint density at radius 3 is 2.71 bits per heavy atom. The fourth-order valence-electron chi connectivity index (χ4n) is 2.55. The summed E-state index contributed by atoms with van der Waals surface area (Å²) in [6, 6.07) is 7.68. The van der Waals surface area contributed by atoms with Crippen molar-refractivity contribution in [2.75, 3.05) is 0 Å². The molecule has 10 heteroatoms. The van der Waals surface area contributed by atoms with Crippen LogP contribution in [-0.2, 0) is 0 Å². The monoisotopic (exact) mass is 339 g/mol. The number of carboxylic acids is 1. The molecule has 2 aromatic rings. The van der Waals surface area contributed by atoms with E-state index in [0.717, 1.165) is 17.7 Å². The van der Waals surface area contributed by atoms with Crippen molar-refractivity contribution in [3.8, 4) is 5.75 Å². The Kier molecular flexibility index (Phi) is 6.24. The van der Waals surface area contributed by atoms with Gasteiger partial charge in [0.25, 0.3) is 5.09 Å². The van der Waals surface area contributed by atoms with Crippen LogP contribution >= 0.6 is 0 Å². The lowest BCUT2D eigenvalue weighted by Gasteiger charge is -2.31. The van der Waals surface area contributed by atoms with Gasteiger partial charge in [-0.2, -0.15) is 0 Å². The van der Waals surface area contributed by atoms with Gasteiger partial charge in [-0.05, 0) is 13.0 Å². The molecule has 0 fully saturated rings. The molecule has 1 aliphatic rings. The van der Waals surface area contributed by atoms with Crippen molar-refractivity contribution < 1.29 is 30.4 Å². The molecule has 2 heterocycles. The molecule has 0 saturated carbocycles. The fraction of sp³-hybridized carbons (Fsp3) is 0.286. The highest BCUT2D eigenvalue weighted by Gasteiger charge is 2.29. The summed E-state index contributed by atoms with van der Waals surface area (Å²) >= 11 is 0. The third-order valence-electron chi connectivity index (χ3n) is 3.38. The van der Waals surface area contributed by atoms with Gasteiger partial charge in [-0.25, -0.2) is 9.78 Å². The van der Waals surface area contributed by atoms with Crippen LogP contribution in [0.25, 0.3) is 0 Å². The number of hydrogen-bond donors (Lipinski definition) is 2. The molecule has 1 aromatic heterocycles. The molecule has 0 amide bonds. The van der Waals surface area contributed by atoms with Gasteiger partial charge in [-0.15, -0.1) is 10.1 Å². The van der Waals surface area contributed by atoms with Gasteiger partial charge in [0.1, 0.15) is 11.4 Å². The summed E-state index contributed by atoms with van der Waals surface area (Å²) in [5.41, 5.74) is 1.20. The van der Waals surface area contributed by atoms with Crippen LogP contribution in [-0.4, -0.2) is 42.5 Å². The SMILES string of the molecule is CC1CC(n2cncc2C(=O)O)c2ccccc2O1.O.O=[N+]([O-])O. The third kappa shape index (κ3) is 4.20. The smallest absolute Gasteiger partial charge is 0.354 e.